The molecule has 0 aliphatic carbocycles. The number of carbonyl (C=O) groups is 1. The lowest BCUT2D eigenvalue weighted by atomic mass is 9.97. The Labute approximate surface area is 175 Å². The molecule has 2 unspecified atom stereocenters. The first-order valence-corrected chi connectivity index (χ1v) is 10.5. The molecule has 2 aliphatic heterocycles. The van der Waals surface area contributed by atoms with Gasteiger partial charge in [-0.1, -0.05) is 18.2 Å². The summed E-state index contributed by atoms with van der Waals surface area (Å²) in [6, 6.07) is 14.5. The van der Waals surface area contributed by atoms with E-state index in [4.69, 9.17) is 0 Å². The Morgan fingerprint density at radius 3 is 2.63 bits per heavy atom. The van der Waals surface area contributed by atoms with Gasteiger partial charge >= 0.3 is 6.03 Å². The number of anilines is 1. The molecule has 0 saturated carbocycles. The number of para-hydroxylation sites is 1. The summed E-state index contributed by atoms with van der Waals surface area (Å²) in [7, 11) is 0. The van der Waals surface area contributed by atoms with Gasteiger partial charge in [0.25, 0.3) is 0 Å². The Bertz CT molecular complexity index is 1030. The average molecular weight is 407 g/mol. The molecule has 2 amide bonds. The number of aromatic amines is 1. The number of H-pyrrole nitrogens is 1. The number of hydrogen-bond acceptors (Lipinski definition) is 3. The average Bonchev–Trinajstić information content (AvgIpc) is 3.37. The molecule has 2 aromatic carbocycles. The number of hydrogen-bond donors (Lipinski definition) is 3. The van der Waals surface area contributed by atoms with Crippen LogP contribution in [-0.4, -0.2) is 60.7 Å². The largest absolute Gasteiger partial charge is 0.361 e. The molecule has 6 nitrogen and oxygen atoms in total. The van der Waals surface area contributed by atoms with E-state index in [2.05, 4.69) is 44.9 Å². The number of halogens is 1. The summed E-state index contributed by atoms with van der Waals surface area (Å²) in [5.74, 6) is -0.298. The van der Waals surface area contributed by atoms with Crippen molar-refractivity contribution < 1.29 is 9.18 Å². The van der Waals surface area contributed by atoms with E-state index in [-0.39, 0.29) is 23.9 Å². The first-order chi connectivity index (χ1) is 14.7. The highest BCUT2D eigenvalue weighted by Crippen LogP contribution is 2.26. The molecule has 0 radical (unpaired) electrons. The molecule has 2 saturated heterocycles. The molecule has 5 rings (SSSR count). The Morgan fingerprint density at radius 1 is 1.07 bits per heavy atom. The smallest absolute Gasteiger partial charge is 0.322 e. The van der Waals surface area contributed by atoms with E-state index in [1.165, 1.54) is 23.1 Å². The van der Waals surface area contributed by atoms with E-state index in [1.807, 2.05) is 6.07 Å². The van der Waals surface area contributed by atoms with Crippen LogP contribution in [0.2, 0.25) is 0 Å². The molecule has 0 bridgehead atoms. The fourth-order valence-electron chi connectivity index (χ4n) is 4.69. The summed E-state index contributed by atoms with van der Waals surface area (Å²) in [5, 5.41) is 7.85. The Morgan fingerprint density at radius 2 is 1.83 bits per heavy atom. The van der Waals surface area contributed by atoms with Crippen molar-refractivity contribution in [1.82, 2.24) is 20.5 Å². The van der Waals surface area contributed by atoms with Gasteiger partial charge in [0, 0.05) is 61.6 Å². The minimum atomic E-state index is -0.298. The van der Waals surface area contributed by atoms with Gasteiger partial charge in [-0.25, -0.2) is 9.18 Å². The maximum absolute atomic E-state index is 13.3. The van der Waals surface area contributed by atoms with Gasteiger partial charge in [-0.2, -0.15) is 0 Å². The van der Waals surface area contributed by atoms with Gasteiger partial charge in [0.05, 0.1) is 6.04 Å². The number of rotatable bonds is 5. The van der Waals surface area contributed by atoms with Gasteiger partial charge in [-0.3, -0.25) is 9.80 Å². The lowest BCUT2D eigenvalue weighted by Crippen LogP contribution is -2.56. The zero-order valence-electron chi connectivity index (χ0n) is 16.8. The predicted octanol–water partition coefficient (Wildman–Crippen LogP) is 2.72. The van der Waals surface area contributed by atoms with Gasteiger partial charge in [0.2, 0.25) is 0 Å². The van der Waals surface area contributed by atoms with Crippen molar-refractivity contribution in [2.75, 3.05) is 37.6 Å². The highest BCUT2D eigenvalue weighted by molar-refractivity contribution is 5.94. The Balaban J connectivity index is 1.41. The number of nitrogens with zero attached hydrogens (tertiary/aromatic N) is 2. The molecular weight excluding hydrogens is 381 g/mol. The van der Waals surface area contributed by atoms with Crippen LogP contribution in [0, 0.1) is 5.82 Å². The van der Waals surface area contributed by atoms with E-state index in [0.29, 0.717) is 6.54 Å². The van der Waals surface area contributed by atoms with Crippen LogP contribution in [0.1, 0.15) is 5.56 Å². The number of aromatic nitrogens is 1. The summed E-state index contributed by atoms with van der Waals surface area (Å²) in [6.45, 7) is 4.38. The van der Waals surface area contributed by atoms with Gasteiger partial charge in [-0.05, 0) is 42.3 Å². The van der Waals surface area contributed by atoms with Gasteiger partial charge in [0.1, 0.15) is 5.82 Å². The summed E-state index contributed by atoms with van der Waals surface area (Å²) in [4.78, 5) is 20.3. The zero-order chi connectivity index (χ0) is 20.5. The number of carbonyl (C=O) groups excluding carboxylic acids is 1. The molecule has 156 valence electrons. The van der Waals surface area contributed by atoms with E-state index < -0.39 is 0 Å². The second-order valence-corrected chi connectivity index (χ2v) is 8.06. The quantitative estimate of drug-likeness (QED) is 0.610. The maximum atomic E-state index is 13.3. The standard InChI is InChI=1S/C23H26FN5O/c24-17-5-7-18(8-6-17)29-15-21(27-23(29)30)22(28-11-9-25-10-12-28)13-16-14-26-20-4-2-1-3-19(16)20/h1-8,14,21-22,25-26H,9-13,15H2,(H,27,30). The minimum absolute atomic E-state index is 0.00526. The van der Waals surface area contributed by atoms with Crippen LogP contribution < -0.4 is 15.5 Å². The molecule has 3 heterocycles. The zero-order valence-corrected chi connectivity index (χ0v) is 16.8. The highest BCUT2D eigenvalue weighted by atomic mass is 19.1. The van der Waals surface area contributed by atoms with Crippen molar-refractivity contribution in [2.24, 2.45) is 0 Å². The third kappa shape index (κ3) is 3.66. The van der Waals surface area contributed by atoms with Gasteiger partial charge < -0.3 is 15.6 Å². The number of urea groups is 1. The molecule has 3 aromatic rings. The molecule has 1 aromatic heterocycles. The molecule has 2 atom stereocenters. The summed E-state index contributed by atoms with van der Waals surface area (Å²) >= 11 is 0. The fourth-order valence-corrected chi connectivity index (χ4v) is 4.69. The molecular formula is C23H26FN5O. The van der Waals surface area contributed by atoms with Crippen LogP contribution in [0.5, 0.6) is 0 Å². The van der Waals surface area contributed by atoms with Crippen molar-refractivity contribution in [1.29, 1.82) is 0 Å². The monoisotopic (exact) mass is 407 g/mol. The normalized spacial score (nSPS) is 21.2. The number of fused-ring (bicyclic) bond motifs is 1. The molecule has 3 N–H and O–H groups in total. The van der Waals surface area contributed by atoms with Crippen LogP contribution in [0.3, 0.4) is 0 Å². The second kappa shape index (κ2) is 8.08. The van der Waals surface area contributed by atoms with Crippen molar-refractivity contribution in [3.63, 3.8) is 0 Å². The van der Waals surface area contributed by atoms with Crippen LogP contribution in [0.15, 0.2) is 54.7 Å². The van der Waals surface area contributed by atoms with Crippen molar-refractivity contribution in [3.05, 3.63) is 66.1 Å². The van der Waals surface area contributed by atoms with Crippen molar-refractivity contribution in [2.45, 2.75) is 18.5 Å². The van der Waals surface area contributed by atoms with E-state index in [0.717, 1.165) is 43.8 Å². The molecule has 30 heavy (non-hydrogen) atoms. The third-order valence-corrected chi connectivity index (χ3v) is 6.26. The van der Waals surface area contributed by atoms with Crippen molar-refractivity contribution >= 4 is 22.6 Å². The van der Waals surface area contributed by atoms with Crippen LogP contribution in [0.25, 0.3) is 10.9 Å². The third-order valence-electron chi connectivity index (χ3n) is 6.26. The van der Waals surface area contributed by atoms with E-state index in [9.17, 15) is 9.18 Å². The number of benzene rings is 2. The summed E-state index contributed by atoms with van der Waals surface area (Å²) < 4.78 is 13.3. The van der Waals surface area contributed by atoms with Crippen LogP contribution in [-0.2, 0) is 6.42 Å². The SMILES string of the molecule is O=C1NC(C(Cc2c[nH]c3ccccc23)N2CCNCC2)CN1c1ccc(F)cc1. The first kappa shape index (κ1) is 19.1. The molecule has 2 aliphatic rings. The second-order valence-electron chi connectivity index (χ2n) is 8.06. The highest BCUT2D eigenvalue weighted by Gasteiger charge is 2.38. The first-order valence-electron chi connectivity index (χ1n) is 10.5. The Kier molecular flexibility index (Phi) is 5.14. The summed E-state index contributed by atoms with van der Waals surface area (Å²) in [6.07, 6.45) is 2.95. The predicted molar refractivity (Wildman–Crippen MR) is 116 cm³/mol. The minimum Gasteiger partial charge on any atom is -0.361 e. The topological polar surface area (TPSA) is 63.4 Å². The summed E-state index contributed by atoms with van der Waals surface area (Å²) in [5.41, 5.74) is 3.13. The Hall–Kier alpha value is -2.90. The number of amides is 2. The van der Waals surface area contributed by atoms with Crippen LogP contribution >= 0.6 is 0 Å². The van der Waals surface area contributed by atoms with E-state index in [1.54, 1.807) is 17.0 Å². The van der Waals surface area contributed by atoms with Crippen molar-refractivity contribution in [3.8, 4) is 0 Å². The fraction of sp³-hybridized carbons (Fsp3) is 0.348. The lowest BCUT2D eigenvalue weighted by molar-refractivity contribution is 0.147. The van der Waals surface area contributed by atoms with Gasteiger partial charge in [-0.15, -0.1) is 0 Å². The number of nitrogens with one attached hydrogen (secondary N) is 3. The van der Waals surface area contributed by atoms with Gasteiger partial charge in [0.15, 0.2) is 0 Å². The number of piperazine rings is 1. The molecule has 0 spiro atoms. The maximum Gasteiger partial charge on any atom is 0.322 e. The van der Waals surface area contributed by atoms with Crippen LogP contribution in [0.4, 0.5) is 14.9 Å². The molecule has 7 heteroatoms. The lowest BCUT2D eigenvalue weighted by Gasteiger charge is -2.38. The van der Waals surface area contributed by atoms with E-state index >= 15 is 0 Å². The molecule has 2 fully saturated rings.